The topological polar surface area (TPSA) is 80.9 Å². The van der Waals surface area contributed by atoms with Crippen molar-refractivity contribution in [2.45, 2.75) is 0 Å². The summed E-state index contributed by atoms with van der Waals surface area (Å²) in [5, 5.41) is 0.878. The molecule has 4 rings (SSSR count). The number of nitrogens with zero attached hydrogens (tertiary/aromatic N) is 4. The first-order valence-electron chi connectivity index (χ1n) is 8.66. The van der Waals surface area contributed by atoms with Gasteiger partial charge in [-0.25, -0.2) is 9.97 Å². The van der Waals surface area contributed by atoms with Crippen LogP contribution in [0.25, 0.3) is 10.9 Å². The fourth-order valence-electron chi connectivity index (χ4n) is 3.17. The van der Waals surface area contributed by atoms with E-state index < -0.39 is 0 Å². The summed E-state index contributed by atoms with van der Waals surface area (Å²) in [7, 11) is 3.20. The van der Waals surface area contributed by atoms with E-state index in [1.165, 1.54) is 6.26 Å². The number of piperazine rings is 1. The molecule has 3 aromatic rings. The Kier molecular flexibility index (Phi) is 4.53. The quantitative estimate of drug-likeness (QED) is 0.698. The largest absolute Gasteiger partial charge is 0.493 e. The molecule has 1 fully saturated rings. The van der Waals surface area contributed by atoms with Gasteiger partial charge in [0.1, 0.15) is 0 Å². The summed E-state index contributed by atoms with van der Waals surface area (Å²) < 4.78 is 15.9. The van der Waals surface area contributed by atoms with Crippen LogP contribution >= 0.6 is 0 Å². The minimum atomic E-state index is -0.0871. The van der Waals surface area contributed by atoms with E-state index in [0.29, 0.717) is 49.4 Å². The Morgan fingerprint density at radius 1 is 1.11 bits per heavy atom. The number of ether oxygens (including phenoxy) is 2. The fraction of sp³-hybridized carbons (Fsp3) is 0.316. The number of fused-ring (bicyclic) bond motifs is 1. The first kappa shape index (κ1) is 17.1. The van der Waals surface area contributed by atoms with Crippen LogP contribution in [0.2, 0.25) is 0 Å². The van der Waals surface area contributed by atoms with Crippen LogP contribution in [0.4, 0.5) is 5.95 Å². The molecule has 1 aromatic carbocycles. The zero-order chi connectivity index (χ0) is 18.8. The third-order valence-corrected chi connectivity index (χ3v) is 4.65. The molecule has 3 heterocycles. The maximum Gasteiger partial charge on any atom is 0.289 e. The van der Waals surface area contributed by atoms with Crippen molar-refractivity contribution in [3.05, 3.63) is 42.5 Å². The van der Waals surface area contributed by atoms with E-state index in [4.69, 9.17) is 13.9 Å². The second kappa shape index (κ2) is 7.14. The number of furan rings is 1. The van der Waals surface area contributed by atoms with Crippen LogP contribution in [0, 0.1) is 0 Å². The highest BCUT2D eigenvalue weighted by atomic mass is 16.5. The smallest absolute Gasteiger partial charge is 0.289 e. The monoisotopic (exact) mass is 368 g/mol. The number of amides is 1. The Morgan fingerprint density at radius 3 is 2.52 bits per heavy atom. The minimum Gasteiger partial charge on any atom is -0.493 e. The van der Waals surface area contributed by atoms with Gasteiger partial charge in [-0.15, -0.1) is 0 Å². The van der Waals surface area contributed by atoms with Crippen molar-refractivity contribution in [3.63, 3.8) is 0 Å². The van der Waals surface area contributed by atoms with Crippen LogP contribution in [0.3, 0.4) is 0 Å². The molecule has 1 aliphatic heterocycles. The van der Waals surface area contributed by atoms with E-state index in [9.17, 15) is 4.79 Å². The number of hydrogen-bond donors (Lipinski definition) is 0. The molecule has 0 N–H and O–H groups in total. The molecule has 0 aliphatic carbocycles. The number of anilines is 1. The number of hydrogen-bond acceptors (Lipinski definition) is 7. The molecule has 0 unspecified atom stereocenters. The maximum absolute atomic E-state index is 12.4. The zero-order valence-electron chi connectivity index (χ0n) is 15.2. The molecule has 0 radical (unpaired) electrons. The van der Waals surface area contributed by atoms with Crippen molar-refractivity contribution in [1.29, 1.82) is 0 Å². The second-order valence-electron chi connectivity index (χ2n) is 6.19. The summed E-state index contributed by atoms with van der Waals surface area (Å²) in [6, 6.07) is 7.10. The molecular weight excluding hydrogens is 348 g/mol. The van der Waals surface area contributed by atoms with E-state index in [1.807, 2.05) is 12.1 Å². The second-order valence-corrected chi connectivity index (χ2v) is 6.19. The number of rotatable bonds is 4. The fourth-order valence-corrected chi connectivity index (χ4v) is 3.17. The van der Waals surface area contributed by atoms with Crippen molar-refractivity contribution in [2.24, 2.45) is 0 Å². The molecule has 1 saturated heterocycles. The lowest BCUT2D eigenvalue weighted by atomic mass is 10.2. The Hall–Kier alpha value is -3.29. The van der Waals surface area contributed by atoms with Crippen molar-refractivity contribution in [2.75, 3.05) is 45.3 Å². The van der Waals surface area contributed by atoms with Gasteiger partial charge in [0.15, 0.2) is 17.3 Å². The van der Waals surface area contributed by atoms with Crippen LogP contribution in [0.15, 0.2) is 41.1 Å². The first-order chi connectivity index (χ1) is 13.2. The molecule has 0 saturated carbocycles. The van der Waals surface area contributed by atoms with E-state index >= 15 is 0 Å². The Labute approximate surface area is 156 Å². The predicted octanol–water partition coefficient (Wildman–Crippen LogP) is 2.20. The highest BCUT2D eigenvalue weighted by molar-refractivity contribution is 5.91. The SMILES string of the molecule is COc1cc2cnc(N3CCN(C(=O)c4ccco4)CC3)nc2cc1OC. The van der Waals surface area contributed by atoms with Crippen molar-refractivity contribution in [1.82, 2.24) is 14.9 Å². The maximum atomic E-state index is 12.4. The lowest BCUT2D eigenvalue weighted by Crippen LogP contribution is -2.49. The van der Waals surface area contributed by atoms with Gasteiger partial charge in [0, 0.05) is 43.8 Å². The zero-order valence-corrected chi connectivity index (χ0v) is 15.2. The summed E-state index contributed by atoms with van der Waals surface area (Å²) >= 11 is 0. The number of aromatic nitrogens is 2. The standard InChI is InChI=1S/C19H20N4O4/c1-25-16-10-13-12-20-19(21-14(13)11-17(16)26-2)23-7-5-22(6-8-23)18(24)15-4-3-9-27-15/h3-4,9-12H,5-8H2,1-2H3. The van der Waals surface area contributed by atoms with Crippen LogP contribution < -0.4 is 14.4 Å². The molecule has 140 valence electrons. The van der Waals surface area contributed by atoms with E-state index in [-0.39, 0.29) is 5.91 Å². The van der Waals surface area contributed by atoms with Gasteiger partial charge in [0.05, 0.1) is 26.0 Å². The average Bonchev–Trinajstić information content (AvgIpc) is 3.26. The van der Waals surface area contributed by atoms with Crippen LogP contribution in [0.1, 0.15) is 10.6 Å². The molecule has 2 aromatic heterocycles. The third kappa shape index (κ3) is 3.25. The minimum absolute atomic E-state index is 0.0871. The number of benzene rings is 1. The van der Waals surface area contributed by atoms with E-state index in [2.05, 4.69) is 14.9 Å². The van der Waals surface area contributed by atoms with Gasteiger partial charge in [0.2, 0.25) is 5.95 Å². The van der Waals surface area contributed by atoms with Crippen LogP contribution in [-0.4, -0.2) is 61.2 Å². The van der Waals surface area contributed by atoms with Gasteiger partial charge in [-0.3, -0.25) is 4.79 Å². The molecular formula is C19H20N4O4. The summed E-state index contributed by atoms with van der Waals surface area (Å²) in [4.78, 5) is 25.4. The predicted molar refractivity (Wildman–Crippen MR) is 99.5 cm³/mol. The Bertz CT molecular complexity index is 950. The molecule has 1 amide bonds. The molecule has 8 nitrogen and oxygen atoms in total. The lowest BCUT2D eigenvalue weighted by molar-refractivity contribution is 0.0714. The van der Waals surface area contributed by atoms with Gasteiger partial charge in [-0.05, 0) is 18.2 Å². The Morgan fingerprint density at radius 2 is 1.85 bits per heavy atom. The molecule has 8 heteroatoms. The average molecular weight is 368 g/mol. The number of carbonyl (C=O) groups excluding carboxylic acids is 1. The van der Waals surface area contributed by atoms with Crippen molar-refractivity contribution in [3.8, 4) is 11.5 Å². The molecule has 27 heavy (non-hydrogen) atoms. The lowest BCUT2D eigenvalue weighted by Gasteiger charge is -2.34. The summed E-state index contributed by atoms with van der Waals surface area (Å²) in [6.45, 7) is 2.50. The summed E-state index contributed by atoms with van der Waals surface area (Å²) in [5.41, 5.74) is 0.784. The van der Waals surface area contributed by atoms with Crippen molar-refractivity contribution >= 4 is 22.8 Å². The van der Waals surface area contributed by atoms with Gasteiger partial charge in [-0.1, -0.05) is 0 Å². The number of methoxy groups -OCH3 is 2. The third-order valence-electron chi connectivity index (χ3n) is 4.65. The van der Waals surface area contributed by atoms with Crippen LogP contribution in [-0.2, 0) is 0 Å². The van der Waals surface area contributed by atoms with Gasteiger partial charge >= 0.3 is 0 Å². The summed E-state index contributed by atoms with van der Waals surface area (Å²) in [5.74, 6) is 2.19. The number of carbonyl (C=O) groups is 1. The van der Waals surface area contributed by atoms with E-state index in [0.717, 1.165) is 10.9 Å². The molecule has 0 bridgehead atoms. The highest BCUT2D eigenvalue weighted by Gasteiger charge is 2.25. The van der Waals surface area contributed by atoms with Gasteiger partial charge in [0.25, 0.3) is 5.91 Å². The van der Waals surface area contributed by atoms with Crippen molar-refractivity contribution < 1.29 is 18.7 Å². The summed E-state index contributed by atoms with van der Waals surface area (Å²) in [6.07, 6.45) is 3.29. The molecule has 0 spiro atoms. The van der Waals surface area contributed by atoms with Gasteiger partial charge in [-0.2, -0.15) is 0 Å². The molecule has 1 aliphatic rings. The first-order valence-corrected chi connectivity index (χ1v) is 8.66. The van der Waals surface area contributed by atoms with Crippen LogP contribution in [0.5, 0.6) is 11.5 Å². The Balaban J connectivity index is 1.51. The van der Waals surface area contributed by atoms with E-state index in [1.54, 1.807) is 37.4 Å². The van der Waals surface area contributed by atoms with Gasteiger partial charge < -0.3 is 23.7 Å². The highest BCUT2D eigenvalue weighted by Crippen LogP contribution is 2.31. The molecule has 0 atom stereocenters. The normalized spacial score (nSPS) is 14.4.